The maximum Gasteiger partial charge on any atom is 0.231 e. The molecule has 1 aromatic rings. The number of rotatable bonds is 3. The predicted octanol–water partition coefficient (Wildman–Crippen LogP) is 1.11. The third-order valence-corrected chi connectivity index (χ3v) is 2.20. The Morgan fingerprint density at radius 2 is 2.07 bits per heavy atom. The average molecular weight is 210 g/mol. The second-order valence-corrected chi connectivity index (χ2v) is 3.39. The van der Waals surface area contributed by atoms with Crippen LogP contribution in [-0.2, 0) is 11.2 Å². The minimum atomic E-state index is 0. The summed E-state index contributed by atoms with van der Waals surface area (Å²) in [5.41, 5.74) is 1.12. The molecule has 2 rings (SSSR count). The lowest BCUT2D eigenvalue weighted by Crippen LogP contribution is -1.94. The zero-order chi connectivity index (χ0) is 9.97. The number of ether oxygens (including phenoxy) is 2. The van der Waals surface area contributed by atoms with Gasteiger partial charge in [0.2, 0.25) is 6.79 Å². The normalized spacial score (nSPS) is 12.1. The summed E-state index contributed by atoms with van der Waals surface area (Å²) in [6, 6.07) is 5.79. The first-order valence-electron chi connectivity index (χ1n) is 4.63. The maximum absolute atomic E-state index is 10.8. The van der Waals surface area contributed by atoms with Crippen LogP contribution in [0.4, 0.5) is 0 Å². The molecule has 15 heavy (non-hydrogen) atoms. The first-order chi connectivity index (χ1) is 6.75. The Morgan fingerprint density at radius 1 is 1.33 bits per heavy atom. The van der Waals surface area contributed by atoms with Crippen LogP contribution >= 0.6 is 0 Å². The van der Waals surface area contributed by atoms with Crippen molar-refractivity contribution in [3.8, 4) is 11.5 Å². The quantitative estimate of drug-likeness (QED) is 0.750. The number of aryl methyl sites for hydroxylation is 1. The number of hydrogen-bond donors (Lipinski definition) is 0. The molecule has 1 heterocycles. The van der Waals surface area contributed by atoms with Gasteiger partial charge >= 0.3 is 0 Å². The second kappa shape index (κ2) is 4.79. The van der Waals surface area contributed by atoms with Crippen molar-refractivity contribution >= 4 is 5.78 Å². The summed E-state index contributed by atoms with van der Waals surface area (Å²) >= 11 is 0. The van der Waals surface area contributed by atoms with Gasteiger partial charge < -0.3 is 19.7 Å². The second-order valence-electron chi connectivity index (χ2n) is 3.39. The largest absolute Gasteiger partial charge is 0.454 e. The Labute approximate surface area is 88.1 Å². The van der Waals surface area contributed by atoms with Gasteiger partial charge in [-0.2, -0.15) is 0 Å². The molecule has 0 bridgehead atoms. The van der Waals surface area contributed by atoms with Crippen LogP contribution in [0.1, 0.15) is 18.9 Å². The predicted molar refractivity (Wildman–Crippen MR) is 55.2 cm³/mol. The van der Waals surface area contributed by atoms with E-state index in [0.717, 1.165) is 23.5 Å². The van der Waals surface area contributed by atoms with E-state index in [1.54, 1.807) is 6.92 Å². The summed E-state index contributed by atoms with van der Waals surface area (Å²) in [5, 5.41) is 0. The molecule has 1 aliphatic rings. The van der Waals surface area contributed by atoms with Gasteiger partial charge in [-0.1, -0.05) is 6.07 Å². The SMILES string of the molecule is CC(=O)CCc1ccc2c(c1)OCO2.O. The van der Waals surface area contributed by atoms with Gasteiger partial charge in [-0.15, -0.1) is 0 Å². The molecule has 0 fully saturated rings. The lowest BCUT2D eigenvalue weighted by molar-refractivity contribution is -0.116. The minimum Gasteiger partial charge on any atom is -0.454 e. The van der Waals surface area contributed by atoms with Crippen LogP contribution in [0.25, 0.3) is 0 Å². The maximum atomic E-state index is 10.8. The van der Waals surface area contributed by atoms with Crippen LogP contribution < -0.4 is 9.47 Å². The first-order valence-corrected chi connectivity index (χ1v) is 4.63. The molecule has 82 valence electrons. The van der Waals surface area contributed by atoms with E-state index in [9.17, 15) is 4.79 Å². The molecule has 4 nitrogen and oxygen atoms in total. The Kier molecular flexibility index (Phi) is 3.68. The van der Waals surface area contributed by atoms with Crippen molar-refractivity contribution in [1.82, 2.24) is 0 Å². The summed E-state index contributed by atoms with van der Waals surface area (Å²) in [7, 11) is 0. The number of benzene rings is 1. The lowest BCUT2D eigenvalue weighted by Gasteiger charge is -2.00. The minimum absolute atomic E-state index is 0. The molecular weight excluding hydrogens is 196 g/mol. The Balaban J connectivity index is 0.00000112. The number of carbonyl (C=O) groups excluding carboxylic acids is 1. The Hall–Kier alpha value is -1.55. The van der Waals surface area contributed by atoms with Gasteiger partial charge in [-0.25, -0.2) is 0 Å². The summed E-state index contributed by atoms with van der Waals surface area (Å²) in [5.74, 6) is 1.78. The van der Waals surface area contributed by atoms with Crippen LogP contribution in [0.3, 0.4) is 0 Å². The van der Waals surface area contributed by atoms with E-state index in [1.165, 1.54) is 0 Å². The van der Waals surface area contributed by atoms with Gasteiger partial charge in [0.15, 0.2) is 11.5 Å². The molecule has 0 spiro atoms. The molecular formula is C11H14O4. The molecule has 0 saturated heterocycles. The topological polar surface area (TPSA) is 67.0 Å². The van der Waals surface area contributed by atoms with Crippen LogP contribution in [0, 0.1) is 0 Å². The number of carbonyl (C=O) groups is 1. The van der Waals surface area contributed by atoms with E-state index in [1.807, 2.05) is 18.2 Å². The van der Waals surface area contributed by atoms with E-state index in [-0.39, 0.29) is 11.3 Å². The fourth-order valence-electron chi connectivity index (χ4n) is 1.42. The Bertz CT molecular complexity index is 360. The number of fused-ring (bicyclic) bond motifs is 1. The highest BCUT2D eigenvalue weighted by Gasteiger charge is 2.12. The monoisotopic (exact) mass is 210 g/mol. The summed E-state index contributed by atoms with van der Waals surface area (Å²) in [4.78, 5) is 10.8. The smallest absolute Gasteiger partial charge is 0.231 e. The van der Waals surface area contributed by atoms with Crippen molar-refractivity contribution in [2.45, 2.75) is 19.8 Å². The summed E-state index contributed by atoms with van der Waals surface area (Å²) < 4.78 is 10.4. The van der Waals surface area contributed by atoms with Crippen LogP contribution in [0.15, 0.2) is 18.2 Å². The summed E-state index contributed by atoms with van der Waals surface area (Å²) in [6.07, 6.45) is 1.35. The Morgan fingerprint density at radius 3 is 2.80 bits per heavy atom. The van der Waals surface area contributed by atoms with Crippen LogP contribution in [-0.4, -0.2) is 18.1 Å². The fraction of sp³-hybridized carbons (Fsp3) is 0.364. The van der Waals surface area contributed by atoms with Gasteiger partial charge in [0.1, 0.15) is 5.78 Å². The number of Topliss-reactive ketones (excluding diaryl/α,β-unsaturated/α-hetero) is 1. The molecule has 4 heteroatoms. The molecule has 0 saturated carbocycles. The fourth-order valence-corrected chi connectivity index (χ4v) is 1.42. The van der Waals surface area contributed by atoms with Crippen LogP contribution in [0.2, 0.25) is 0 Å². The molecule has 1 aromatic carbocycles. The molecule has 0 aromatic heterocycles. The van der Waals surface area contributed by atoms with Crippen LogP contribution in [0.5, 0.6) is 11.5 Å². The van der Waals surface area contributed by atoms with E-state index < -0.39 is 0 Å². The van der Waals surface area contributed by atoms with Gasteiger partial charge in [-0.05, 0) is 31.0 Å². The zero-order valence-corrected chi connectivity index (χ0v) is 8.58. The molecule has 2 N–H and O–H groups in total. The number of ketones is 1. The van der Waals surface area contributed by atoms with Crippen molar-refractivity contribution in [2.75, 3.05) is 6.79 Å². The van der Waals surface area contributed by atoms with Crippen molar-refractivity contribution in [3.63, 3.8) is 0 Å². The van der Waals surface area contributed by atoms with E-state index >= 15 is 0 Å². The van der Waals surface area contributed by atoms with Crippen molar-refractivity contribution in [2.24, 2.45) is 0 Å². The highest BCUT2D eigenvalue weighted by molar-refractivity contribution is 5.75. The van der Waals surface area contributed by atoms with Gasteiger partial charge in [0.05, 0.1) is 0 Å². The van der Waals surface area contributed by atoms with E-state index in [4.69, 9.17) is 9.47 Å². The molecule has 0 amide bonds. The van der Waals surface area contributed by atoms with Crippen molar-refractivity contribution < 1.29 is 19.7 Å². The molecule has 1 aliphatic heterocycles. The average Bonchev–Trinajstić information content (AvgIpc) is 2.61. The third kappa shape index (κ3) is 2.70. The van der Waals surface area contributed by atoms with E-state index in [2.05, 4.69) is 0 Å². The van der Waals surface area contributed by atoms with Gasteiger partial charge in [0, 0.05) is 6.42 Å². The molecule has 0 atom stereocenters. The van der Waals surface area contributed by atoms with Gasteiger partial charge in [-0.3, -0.25) is 0 Å². The first kappa shape index (κ1) is 11.5. The standard InChI is InChI=1S/C11H12O3.H2O/c1-8(12)2-3-9-4-5-10-11(6-9)14-7-13-10;/h4-6H,2-3,7H2,1H3;1H2. The molecule has 0 aliphatic carbocycles. The van der Waals surface area contributed by atoms with E-state index in [0.29, 0.717) is 13.2 Å². The summed E-state index contributed by atoms with van der Waals surface area (Å²) in [6.45, 7) is 1.90. The zero-order valence-electron chi connectivity index (χ0n) is 8.58. The van der Waals surface area contributed by atoms with Crippen molar-refractivity contribution in [1.29, 1.82) is 0 Å². The van der Waals surface area contributed by atoms with Gasteiger partial charge in [0.25, 0.3) is 0 Å². The highest BCUT2D eigenvalue weighted by atomic mass is 16.7. The lowest BCUT2D eigenvalue weighted by atomic mass is 10.1. The molecule has 0 unspecified atom stereocenters. The highest BCUT2D eigenvalue weighted by Crippen LogP contribution is 2.32. The van der Waals surface area contributed by atoms with Crippen molar-refractivity contribution in [3.05, 3.63) is 23.8 Å². The molecule has 0 radical (unpaired) electrons. The number of hydrogen-bond acceptors (Lipinski definition) is 3. The third-order valence-electron chi connectivity index (χ3n) is 2.20.